The number of halogens is 2. The fraction of sp³-hybridized carbons (Fsp3) is 0.395. The lowest BCUT2D eigenvalue weighted by molar-refractivity contribution is -0.138. The number of benzene rings is 4. The molecule has 0 saturated carbocycles. The highest BCUT2D eigenvalue weighted by atomic mass is 35.5. The molecule has 0 radical (unpaired) electrons. The molecule has 1 heterocycles. The molecule has 0 spiro atoms. The molecule has 1 aliphatic heterocycles. The van der Waals surface area contributed by atoms with Crippen molar-refractivity contribution in [3.05, 3.63) is 118 Å². The third-order valence-electron chi connectivity index (χ3n) is 8.99. The first kappa shape index (κ1) is 42.5. The third kappa shape index (κ3) is 11.6. The number of methoxy groups -OCH3 is 2. The number of hydrogen-bond donors (Lipinski definition) is 2. The second-order valence-electron chi connectivity index (χ2n) is 14.4. The molecule has 4 aromatic carbocycles. The van der Waals surface area contributed by atoms with Crippen LogP contribution >= 0.6 is 24.0 Å². The average molecular weight is 779 g/mol. The van der Waals surface area contributed by atoms with Crippen molar-refractivity contribution >= 4 is 41.5 Å². The molecule has 5 rings (SSSR count). The van der Waals surface area contributed by atoms with Crippen LogP contribution < -0.4 is 29.7 Å². The number of nitrogens with one attached hydrogen (secondary N) is 2. The summed E-state index contributed by atoms with van der Waals surface area (Å²) in [6.07, 6.45) is 0.819. The van der Waals surface area contributed by atoms with E-state index in [9.17, 15) is 9.59 Å². The van der Waals surface area contributed by atoms with Crippen LogP contribution in [0, 0.1) is 5.41 Å². The molecule has 2 amide bonds. The first-order valence-electron chi connectivity index (χ1n) is 18.3. The highest BCUT2D eigenvalue weighted by Gasteiger charge is 2.40. The first-order chi connectivity index (χ1) is 25.6. The zero-order valence-electron chi connectivity index (χ0n) is 31.9. The molecule has 1 aliphatic rings. The van der Waals surface area contributed by atoms with Gasteiger partial charge in [0.2, 0.25) is 5.91 Å². The fourth-order valence-corrected chi connectivity index (χ4v) is 6.68. The Morgan fingerprint density at radius 3 is 2.33 bits per heavy atom. The van der Waals surface area contributed by atoms with Gasteiger partial charge in [-0.05, 0) is 73.7 Å². The SMILES string of the molecule is COc1ccccc1CNC(=O)CC1OC(c2cccc(OCCCNCCCc3ccccc3)c2OC)c2cc(Cl)ccc2N(CC(C)(C)C)C1=O.Cl. The van der Waals surface area contributed by atoms with E-state index in [1.54, 1.807) is 25.2 Å². The summed E-state index contributed by atoms with van der Waals surface area (Å²) in [7, 11) is 3.18. The van der Waals surface area contributed by atoms with Gasteiger partial charge in [0.05, 0.1) is 27.2 Å². The Balaban J connectivity index is 0.00000650. The lowest BCUT2D eigenvalue weighted by Gasteiger charge is -2.31. The Hall–Kier alpha value is -4.28. The number of aryl methyl sites for hydroxylation is 1. The minimum atomic E-state index is -1.10. The summed E-state index contributed by atoms with van der Waals surface area (Å²) in [5.74, 6) is 1.10. The van der Waals surface area contributed by atoms with Gasteiger partial charge >= 0.3 is 0 Å². The minimum absolute atomic E-state index is 0. The Kier molecular flexibility index (Phi) is 16.1. The number of rotatable bonds is 17. The van der Waals surface area contributed by atoms with E-state index in [-0.39, 0.29) is 42.6 Å². The highest BCUT2D eigenvalue weighted by Crippen LogP contribution is 2.45. The largest absolute Gasteiger partial charge is 0.496 e. The number of hydrogen-bond acceptors (Lipinski definition) is 7. The van der Waals surface area contributed by atoms with Gasteiger partial charge in [0.1, 0.15) is 18.0 Å². The van der Waals surface area contributed by atoms with E-state index >= 15 is 0 Å². The second-order valence-corrected chi connectivity index (χ2v) is 14.8. The summed E-state index contributed by atoms with van der Waals surface area (Å²) in [4.78, 5) is 29.7. The summed E-state index contributed by atoms with van der Waals surface area (Å²) >= 11 is 6.62. The van der Waals surface area contributed by atoms with Gasteiger partial charge in [-0.15, -0.1) is 12.4 Å². The maximum absolute atomic E-state index is 14.4. The predicted octanol–water partition coefficient (Wildman–Crippen LogP) is 8.34. The van der Waals surface area contributed by atoms with Crippen LogP contribution in [0.3, 0.4) is 0 Å². The minimum Gasteiger partial charge on any atom is -0.496 e. The second kappa shape index (κ2) is 20.4. The average Bonchev–Trinajstić information content (AvgIpc) is 3.25. The third-order valence-corrected chi connectivity index (χ3v) is 9.22. The first-order valence-corrected chi connectivity index (χ1v) is 18.6. The van der Waals surface area contributed by atoms with Crippen molar-refractivity contribution in [1.82, 2.24) is 10.6 Å². The number of amides is 2. The maximum atomic E-state index is 14.4. The van der Waals surface area contributed by atoms with Gasteiger partial charge in [-0.25, -0.2) is 0 Å². The molecule has 290 valence electrons. The van der Waals surface area contributed by atoms with E-state index in [4.69, 9.17) is 30.5 Å². The van der Waals surface area contributed by atoms with Crippen molar-refractivity contribution in [3.8, 4) is 17.2 Å². The zero-order valence-corrected chi connectivity index (χ0v) is 33.4. The normalized spacial score (nSPS) is 15.4. The molecule has 11 heteroatoms. The van der Waals surface area contributed by atoms with Crippen molar-refractivity contribution in [2.75, 3.05) is 45.4 Å². The van der Waals surface area contributed by atoms with E-state index in [0.29, 0.717) is 52.2 Å². The van der Waals surface area contributed by atoms with Crippen LogP contribution in [0.4, 0.5) is 5.69 Å². The van der Waals surface area contributed by atoms with Crippen LogP contribution in [0.2, 0.25) is 5.02 Å². The topological polar surface area (TPSA) is 98.4 Å². The van der Waals surface area contributed by atoms with Crippen molar-refractivity contribution in [3.63, 3.8) is 0 Å². The fourth-order valence-electron chi connectivity index (χ4n) is 6.50. The number of carbonyl (C=O) groups excluding carboxylic acids is 2. The molecule has 2 atom stereocenters. The predicted molar refractivity (Wildman–Crippen MR) is 217 cm³/mol. The quantitative estimate of drug-likeness (QED) is 0.104. The van der Waals surface area contributed by atoms with Crippen LogP contribution in [0.15, 0.2) is 91.0 Å². The lowest BCUT2D eigenvalue weighted by Crippen LogP contribution is -2.45. The van der Waals surface area contributed by atoms with Crippen LogP contribution in [-0.2, 0) is 27.3 Å². The number of carbonyl (C=O) groups is 2. The number of para-hydroxylation sites is 2. The van der Waals surface area contributed by atoms with E-state index in [2.05, 4.69) is 55.7 Å². The van der Waals surface area contributed by atoms with Gasteiger partial charge in [-0.3, -0.25) is 9.59 Å². The molecule has 2 unspecified atom stereocenters. The number of fused-ring (bicyclic) bond motifs is 1. The molecule has 0 fully saturated rings. The highest BCUT2D eigenvalue weighted by molar-refractivity contribution is 6.30. The van der Waals surface area contributed by atoms with Gasteiger partial charge in [0, 0.05) is 40.5 Å². The standard InChI is InChI=1S/C43H52ClN3O6.ClH/c1-43(2,3)29-47-35-22-21-32(44)26-34(35)40(53-38(42(47)49)27-39(48)46-28-31-17-9-10-19-36(31)50-4)33-18-11-20-37(41(33)51-5)52-25-13-24-45-23-12-16-30-14-7-6-8-15-30;/h6-11,14-15,17-22,26,38,40,45H,12-13,16,23-25,27-29H2,1-5H3,(H,46,48);1H. The van der Waals surface area contributed by atoms with Crippen molar-refractivity contribution < 1.29 is 28.5 Å². The van der Waals surface area contributed by atoms with Gasteiger partial charge in [-0.2, -0.15) is 0 Å². The van der Waals surface area contributed by atoms with Gasteiger partial charge in [0.25, 0.3) is 5.91 Å². The Morgan fingerprint density at radius 2 is 1.59 bits per heavy atom. The van der Waals surface area contributed by atoms with E-state index in [1.807, 2.05) is 60.7 Å². The molecule has 9 nitrogen and oxygen atoms in total. The van der Waals surface area contributed by atoms with Gasteiger partial charge in [-0.1, -0.05) is 93.0 Å². The van der Waals surface area contributed by atoms with Crippen LogP contribution in [0.5, 0.6) is 17.2 Å². The molecule has 0 aromatic heterocycles. The summed E-state index contributed by atoms with van der Waals surface area (Å²) in [5.41, 5.74) is 3.94. The number of ether oxygens (including phenoxy) is 4. The monoisotopic (exact) mass is 777 g/mol. The van der Waals surface area contributed by atoms with Crippen LogP contribution in [0.1, 0.15) is 68.4 Å². The molecular formula is C43H53Cl2N3O6. The number of anilines is 1. The van der Waals surface area contributed by atoms with Gasteiger partial charge < -0.3 is 34.5 Å². The maximum Gasteiger partial charge on any atom is 0.256 e. The van der Waals surface area contributed by atoms with Crippen molar-refractivity contribution in [1.29, 1.82) is 0 Å². The van der Waals surface area contributed by atoms with Crippen molar-refractivity contribution in [2.45, 2.75) is 65.2 Å². The molecule has 54 heavy (non-hydrogen) atoms. The number of nitrogens with zero attached hydrogens (tertiary/aromatic N) is 1. The lowest BCUT2D eigenvalue weighted by atomic mass is 9.94. The molecule has 4 aromatic rings. The summed E-state index contributed by atoms with van der Waals surface area (Å²) in [6, 6.07) is 29.1. The molecular weight excluding hydrogens is 725 g/mol. The molecule has 0 aliphatic carbocycles. The Bertz CT molecular complexity index is 1820. The Labute approximate surface area is 331 Å². The molecule has 0 saturated heterocycles. The zero-order chi connectivity index (χ0) is 37.8. The van der Waals surface area contributed by atoms with E-state index in [1.165, 1.54) is 5.56 Å². The van der Waals surface area contributed by atoms with Crippen LogP contribution in [-0.4, -0.2) is 58.4 Å². The Morgan fingerprint density at radius 1 is 0.870 bits per heavy atom. The van der Waals surface area contributed by atoms with Crippen LogP contribution in [0.25, 0.3) is 0 Å². The summed E-state index contributed by atoms with van der Waals surface area (Å²) in [5, 5.41) is 6.96. The van der Waals surface area contributed by atoms with Crippen molar-refractivity contribution in [2.24, 2.45) is 5.41 Å². The van der Waals surface area contributed by atoms with E-state index in [0.717, 1.165) is 37.9 Å². The molecule has 0 bridgehead atoms. The summed E-state index contributed by atoms with van der Waals surface area (Å²) in [6.45, 7) is 9.07. The van der Waals surface area contributed by atoms with Gasteiger partial charge in [0.15, 0.2) is 11.5 Å². The summed E-state index contributed by atoms with van der Waals surface area (Å²) < 4.78 is 24.4. The molecule has 2 N–H and O–H groups in total. The van der Waals surface area contributed by atoms with E-state index < -0.39 is 12.2 Å². The smallest absolute Gasteiger partial charge is 0.256 e.